The molecule has 2 heterocycles. The number of para-hydroxylation sites is 1. The lowest BCUT2D eigenvalue weighted by Gasteiger charge is -2.42. The van der Waals surface area contributed by atoms with Gasteiger partial charge in [-0.15, -0.1) is 22.9 Å². The number of aryl methyl sites for hydroxylation is 1. The van der Waals surface area contributed by atoms with E-state index in [9.17, 15) is 14.4 Å². The Hall–Kier alpha value is -3.56. The lowest BCUT2D eigenvalue weighted by atomic mass is 10.1. The summed E-state index contributed by atoms with van der Waals surface area (Å²) in [6.45, 7) is 10.2. The summed E-state index contributed by atoms with van der Waals surface area (Å²) in [5, 5.41) is 1.88. The minimum Gasteiger partial charge on any atom is -0.457 e. The van der Waals surface area contributed by atoms with Crippen molar-refractivity contribution in [3.63, 3.8) is 0 Å². The molecule has 1 saturated heterocycles. The third-order valence-corrected chi connectivity index (χ3v) is 7.82. The van der Waals surface area contributed by atoms with E-state index in [2.05, 4.69) is 0 Å². The Morgan fingerprint density at radius 2 is 1.78 bits per heavy atom. The molecule has 4 rings (SSSR count). The van der Waals surface area contributed by atoms with Crippen molar-refractivity contribution in [1.29, 1.82) is 0 Å². The van der Waals surface area contributed by atoms with Gasteiger partial charge >= 0.3 is 6.09 Å². The molecule has 2 unspecified atom stereocenters. The fourth-order valence-corrected chi connectivity index (χ4v) is 5.73. The van der Waals surface area contributed by atoms with Crippen LogP contribution in [0.25, 0.3) is 0 Å². The number of amides is 3. The molecule has 3 aromatic rings. The maximum absolute atomic E-state index is 14.2. The largest absolute Gasteiger partial charge is 0.457 e. The minimum atomic E-state index is -0.916. The zero-order valence-electron chi connectivity index (χ0n) is 24.0. The molecule has 1 aliphatic heterocycles. The second-order valence-corrected chi connectivity index (χ2v) is 12.2. The molecule has 1 aromatic heterocycles. The topological polar surface area (TPSA) is 79.4 Å². The smallest absolute Gasteiger partial charge is 0.410 e. The number of carbonyl (C=O) groups excluding carboxylic acids is 3. The number of benzene rings is 2. The number of thiophene rings is 1. The summed E-state index contributed by atoms with van der Waals surface area (Å²) < 4.78 is 11.5. The molecule has 0 aliphatic carbocycles. The first-order chi connectivity index (χ1) is 19.5. The van der Waals surface area contributed by atoms with Gasteiger partial charge in [0.25, 0.3) is 5.91 Å². The Labute approximate surface area is 250 Å². The molecule has 10 heteroatoms. The Kier molecular flexibility index (Phi) is 9.60. The van der Waals surface area contributed by atoms with Gasteiger partial charge in [0, 0.05) is 36.2 Å². The fraction of sp³-hybridized carbons (Fsp3) is 0.387. The van der Waals surface area contributed by atoms with Crippen LogP contribution in [-0.4, -0.2) is 64.9 Å². The highest BCUT2D eigenvalue weighted by Gasteiger charge is 2.40. The monoisotopic (exact) mass is 597 g/mol. The zero-order valence-corrected chi connectivity index (χ0v) is 25.6. The second-order valence-electron chi connectivity index (χ2n) is 11.0. The number of hydrogen-bond acceptors (Lipinski definition) is 6. The first-order valence-electron chi connectivity index (χ1n) is 13.5. The van der Waals surface area contributed by atoms with E-state index in [4.69, 9.17) is 21.1 Å². The van der Waals surface area contributed by atoms with Crippen LogP contribution in [0.15, 0.2) is 66.0 Å². The van der Waals surface area contributed by atoms with Gasteiger partial charge in [0.05, 0.1) is 0 Å². The van der Waals surface area contributed by atoms with Crippen LogP contribution in [0.5, 0.6) is 11.5 Å². The highest BCUT2D eigenvalue weighted by atomic mass is 35.5. The summed E-state index contributed by atoms with van der Waals surface area (Å²) in [6.07, 6.45) is -0.403. The number of piperazine rings is 1. The highest BCUT2D eigenvalue weighted by molar-refractivity contribution is 7.10. The molecule has 218 valence electrons. The molecule has 41 heavy (non-hydrogen) atoms. The van der Waals surface area contributed by atoms with E-state index in [0.29, 0.717) is 36.8 Å². The number of carbonyl (C=O) groups is 3. The van der Waals surface area contributed by atoms with Crippen molar-refractivity contribution in [2.24, 2.45) is 0 Å². The zero-order chi connectivity index (χ0) is 29.7. The van der Waals surface area contributed by atoms with Gasteiger partial charge in [0.2, 0.25) is 5.91 Å². The van der Waals surface area contributed by atoms with E-state index in [-0.39, 0.29) is 17.8 Å². The molecule has 0 saturated carbocycles. The summed E-state index contributed by atoms with van der Waals surface area (Å²) >= 11 is 7.52. The Bertz CT molecular complexity index is 1360. The summed E-state index contributed by atoms with van der Waals surface area (Å²) in [5.41, 5.74) is 0.716. The number of hydrogen-bond donors (Lipinski definition) is 0. The predicted molar refractivity (Wildman–Crippen MR) is 162 cm³/mol. The number of nitrogens with zero attached hydrogens (tertiary/aromatic N) is 3. The second kappa shape index (κ2) is 13.0. The SMILES string of the molecule is Cc1cc(Oc2ccccc2)ccc1N(C(=O)CCl)C(C(=O)N1CCN(C(=O)OC(C)(C)C)C(C)C1)c1cccs1. The normalized spacial score (nSPS) is 16.2. The van der Waals surface area contributed by atoms with Crippen molar-refractivity contribution in [2.45, 2.75) is 52.3 Å². The van der Waals surface area contributed by atoms with Gasteiger partial charge in [0.1, 0.15) is 29.0 Å². The predicted octanol–water partition coefficient (Wildman–Crippen LogP) is 6.63. The Balaban J connectivity index is 1.63. The molecule has 1 fully saturated rings. The number of alkyl halides is 1. The molecule has 2 atom stereocenters. The molecular formula is C31H36ClN3O5S. The molecule has 2 aromatic carbocycles. The van der Waals surface area contributed by atoms with Gasteiger partial charge in [-0.25, -0.2) is 4.79 Å². The van der Waals surface area contributed by atoms with Gasteiger partial charge in [-0.05, 0) is 82.0 Å². The molecule has 0 radical (unpaired) electrons. The molecular weight excluding hydrogens is 562 g/mol. The maximum Gasteiger partial charge on any atom is 0.410 e. The summed E-state index contributed by atoms with van der Waals surface area (Å²) in [5.74, 6) is 0.394. The van der Waals surface area contributed by atoms with Gasteiger partial charge in [-0.1, -0.05) is 24.3 Å². The van der Waals surface area contributed by atoms with Gasteiger partial charge in [-0.2, -0.15) is 0 Å². The van der Waals surface area contributed by atoms with Gasteiger partial charge in [-0.3, -0.25) is 14.5 Å². The van der Waals surface area contributed by atoms with Crippen molar-refractivity contribution in [1.82, 2.24) is 9.80 Å². The van der Waals surface area contributed by atoms with Crippen molar-refractivity contribution in [3.05, 3.63) is 76.5 Å². The first kappa shape index (κ1) is 30.4. The van der Waals surface area contributed by atoms with Crippen molar-refractivity contribution < 1.29 is 23.9 Å². The van der Waals surface area contributed by atoms with E-state index in [0.717, 1.165) is 10.4 Å². The molecule has 8 nitrogen and oxygen atoms in total. The van der Waals surface area contributed by atoms with Crippen LogP contribution in [0.4, 0.5) is 10.5 Å². The van der Waals surface area contributed by atoms with Crippen LogP contribution >= 0.6 is 22.9 Å². The maximum atomic E-state index is 14.2. The molecule has 0 spiro atoms. The third-order valence-electron chi connectivity index (χ3n) is 6.66. The molecule has 0 N–H and O–H groups in total. The Morgan fingerprint density at radius 1 is 1.05 bits per heavy atom. The van der Waals surface area contributed by atoms with Crippen molar-refractivity contribution in [2.75, 3.05) is 30.4 Å². The minimum absolute atomic E-state index is 0.231. The standard InChI is InChI=1S/C31H36ClN3O5S/c1-21-18-24(39-23-10-7-6-8-11-23)13-14-25(21)35(27(36)19-32)28(26-12-9-17-41-26)29(37)33-15-16-34(22(2)20-33)30(38)40-31(3,4)5/h6-14,17-18,22,28H,15-16,19-20H2,1-5H3. The number of rotatable bonds is 7. The molecule has 1 aliphatic rings. The number of halogens is 1. The van der Waals surface area contributed by atoms with E-state index < -0.39 is 23.6 Å². The summed E-state index contributed by atoms with van der Waals surface area (Å²) in [7, 11) is 0. The summed E-state index contributed by atoms with van der Waals surface area (Å²) in [4.78, 5) is 46.0. The van der Waals surface area contributed by atoms with Crippen LogP contribution in [0.1, 0.15) is 44.2 Å². The Morgan fingerprint density at radius 3 is 2.37 bits per heavy atom. The number of anilines is 1. The molecule has 0 bridgehead atoms. The van der Waals surface area contributed by atoms with Crippen LogP contribution in [0, 0.1) is 6.92 Å². The van der Waals surface area contributed by atoms with Crippen molar-refractivity contribution in [3.8, 4) is 11.5 Å². The van der Waals surface area contributed by atoms with E-state index >= 15 is 0 Å². The van der Waals surface area contributed by atoms with Gasteiger partial charge in [0.15, 0.2) is 0 Å². The lowest BCUT2D eigenvalue weighted by Crippen LogP contribution is -2.58. The third kappa shape index (κ3) is 7.40. The first-order valence-corrected chi connectivity index (χ1v) is 14.9. The lowest BCUT2D eigenvalue weighted by molar-refractivity contribution is -0.137. The number of ether oxygens (including phenoxy) is 2. The van der Waals surface area contributed by atoms with E-state index in [1.54, 1.807) is 21.9 Å². The average molecular weight is 598 g/mol. The van der Waals surface area contributed by atoms with Crippen LogP contribution in [0.2, 0.25) is 0 Å². The summed E-state index contributed by atoms with van der Waals surface area (Å²) in [6, 6.07) is 17.4. The fourth-order valence-electron chi connectivity index (χ4n) is 4.80. The van der Waals surface area contributed by atoms with Crippen LogP contribution in [0.3, 0.4) is 0 Å². The van der Waals surface area contributed by atoms with E-state index in [1.165, 1.54) is 16.2 Å². The van der Waals surface area contributed by atoms with Gasteiger partial charge < -0.3 is 19.3 Å². The van der Waals surface area contributed by atoms with Crippen molar-refractivity contribution >= 4 is 46.5 Å². The quantitative estimate of drug-likeness (QED) is 0.286. The highest BCUT2D eigenvalue weighted by Crippen LogP contribution is 2.36. The average Bonchev–Trinajstić information content (AvgIpc) is 3.45. The molecule has 3 amide bonds. The van der Waals surface area contributed by atoms with Crippen LogP contribution in [-0.2, 0) is 14.3 Å². The van der Waals surface area contributed by atoms with E-state index in [1.807, 2.05) is 88.5 Å². The van der Waals surface area contributed by atoms with Crippen LogP contribution < -0.4 is 9.64 Å².